The molecule has 0 fully saturated rings. The van der Waals surface area contributed by atoms with Crippen molar-refractivity contribution >= 4 is 17.9 Å². The number of nitrogens with zero attached hydrogens (tertiary/aromatic N) is 3. The van der Waals surface area contributed by atoms with E-state index in [4.69, 9.17) is 14.2 Å². The van der Waals surface area contributed by atoms with Crippen molar-refractivity contribution in [3.8, 4) is 51.0 Å². The van der Waals surface area contributed by atoms with Gasteiger partial charge in [0.1, 0.15) is 0 Å². The molecule has 0 aliphatic carbocycles. The Balaban J connectivity index is 0.000000418. The average Bonchev–Trinajstić information content (AvgIpc) is 3.22. The Labute approximate surface area is 351 Å². The van der Waals surface area contributed by atoms with E-state index in [0.717, 1.165) is 40.2 Å². The van der Waals surface area contributed by atoms with E-state index in [9.17, 15) is 14.4 Å². The predicted octanol–water partition coefficient (Wildman–Crippen LogP) is 10.9. The first-order valence-electron chi connectivity index (χ1n) is 17.5. The summed E-state index contributed by atoms with van der Waals surface area (Å²) in [6, 6.07) is 41.8. The molecule has 10 heteroatoms. The van der Waals surface area contributed by atoms with E-state index in [1.807, 2.05) is 75.4 Å². The molecule has 57 heavy (non-hydrogen) atoms. The van der Waals surface area contributed by atoms with Crippen LogP contribution in [-0.4, -0.2) is 32.9 Å². The first kappa shape index (κ1) is 49.2. The molecule has 6 rings (SSSR count). The van der Waals surface area contributed by atoms with Crippen LogP contribution in [0.3, 0.4) is 0 Å². The van der Waals surface area contributed by atoms with Crippen LogP contribution < -0.4 is 14.2 Å². The number of aromatic nitrogens is 3. The topological polar surface area (TPSA) is 118 Å². The third-order valence-electron chi connectivity index (χ3n) is 7.83. The minimum Gasteiger partial charge on any atom is -0.447 e. The Morgan fingerprint density at radius 2 is 0.877 bits per heavy atom. The second kappa shape index (κ2) is 25.4. The van der Waals surface area contributed by atoms with Crippen molar-refractivity contribution in [2.24, 2.45) is 5.41 Å². The van der Waals surface area contributed by atoms with Gasteiger partial charge >= 0.3 is 38.0 Å². The fourth-order valence-corrected chi connectivity index (χ4v) is 4.33. The number of esters is 3. The maximum absolute atomic E-state index is 12.1. The van der Waals surface area contributed by atoms with Gasteiger partial charge in [0.05, 0.1) is 22.7 Å². The minimum absolute atomic E-state index is 0. The molecule has 3 heterocycles. The zero-order valence-corrected chi connectivity index (χ0v) is 33.8. The van der Waals surface area contributed by atoms with Gasteiger partial charge in [0.2, 0.25) is 0 Å². The first-order chi connectivity index (χ1) is 26.1. The molecule has 0 amide bonds. The number of carbonyl (C=O) groups excluding carboxylic acids is 3. The quantitative estimate of drug-likeness (QED) is 0.0751. The molecule has 9 nitrogen and oxygen atoms in total. The van der Waals surface area contributed by atoms with Gasteiger partial charge in [0, 0.05) is 31.4 Å². The van der Waals surface area contributed by atoms with Gasteiger partial charge in [-0.15, -0.1) is 89.5 Å². The third-order valence-corrected chi connectivity index (χ3v) is 7.83. The van der Waals surface area contributed by atoms with Gasteiger partial charge in [-0.3, -0.25) is 14.4 Å². The third kappa shape index (κ3) is 16.0. The Bertz CT molecular complexity index is 2000. The number of hydrogen-bond acceptors (Lipinski definition) is 9. The van der Waals surface area contributed by atoms with Crippen molar-refractivity contribution in [1.82, 2.24) is 15.0 Å². The number of benzene rings is 3. The summed E-state index contributed by atoms with van der Waals surface area (Å²) in [6.45, 7) is 9.25. The molecule has 0 spiro atoms. The smallest absolute Gasteiger partial charge is 0.447 e. The number of ether oxygens (including phenoxy) is 3. The largest absolute Gasteiger partial charge is 3.00 e. The average molecular weight is 945 g/mol. The normalized spacial score (nSPS) is 9.84. The van der Waals surface area contributed by atoms with Crippen molar-refractivity contribution < 1.29 is 48.7 Å². The van der Waals surface area contributed by atoms with Crippen molar-refractivity contribution in [2.45, 2.75) is 68.7 Å². The Kier molecular flexibility index (Phi) is 21.9. The number of hydrogen-bond donors (Lipinski definition) is 0. The van der Waals surface area contributed by atoms with Crippen LogP contribution in [0.1, 0.15) is 68.7 Å². The maximum atomic E-state index is 12.1. The minimum atomic E-state index is -0.481. The molecule has 0 saturated heterocycles. The van der Waals surface area contributed by atoms with Gasteiger partial charge in [0.25, 0.3) is 0 Å². The van der Waals surface area contributed by atoms with Gasteiger partial charge in [-0.25, -0.2) is 0 Å². The molecule has 0 N–H and O–H groups in total. The summed E-state index contributed by atoms with van der Waals surface area (Å²) in [4.78, 5) is 47.1. The summed E-state index contributed by atoms with van der Waals surface area (Å²) in [5.41, 5.74) is 4.37. The summed E-state index contributed by atoms with van der Waals surface area (Å²) >= 11 is 0. The van der Waals surface area contributed by atoms with Crippen LogP contribution in [0.5, 0.6) is 17.2 Å². The molecule has 0 unspecified atom stereocenters. The summed E-state index contributed by atoms with van der Waals surface area (Å²) in [7, 11) is 0. The molecule has 0 bridgehead atoms. The molecule has 0 radical (unpaired) electrons. The SMILES string of the molecule is C.C.CCC(=O)Oc1cc[c-]c(-c2ccccn2)c1.CCC(=O)Oc1cc[c-]c(-c2ccccn2)c1.CCC(C)(C)C(=O)Oc1cc[c-]c(-c2ccccn2)c1.[Ir+3]. The summed E-state index contributed by atoms with van der Waals surface area (Å²) < 4.78 is 15.7. The van der Waals surface area contributed by atoms with Gasteiger partial charge < -0.3 is 29.2 Å². The van der Waals surface area contributed by atoms with Crippen LogP contribution in [0.2, 0.25) is 0 Å². The second-order valence-electron chi connectivity index (χ2n) is 12.2. The van der Waals surface area contributed by atoms with E-state index >= 15 is 0 Å². The van der Waals surface area contributed by atoms with E-state index in [2.05, 4.69) is 33.2 Å². The maximum Gasteiger partial charge on any atom is 3.00 e. The summed E-state index contributed by atoms with van der Waals surface area (Å²) in [5.74, 6) is 0.855. The van der Waals surface area contributed by atoms with Crippen molar-refractivity contribution in [3.05, 3.63) is 146 Å². The van der Waals surface area contributed by atoms with E-state index in [1.54, 1.807) is 87.0 Å². The second-order valence-corrected chi connectivity index (χ2v) is 12.2. The zero-order chi connectivity index (χ0) is 38.8. The molecule has 0 atom stereocenters. The van der Waals surface area contributed by atoms with Crippen LogP contribution >= 0.6 is 0 Å². The predicted molar refractivity (Wildman–Crippen MR) is 221 cm³/mol. The summed E-state index contributed by atoms with van der Waals surface area (Å²) in [5, 5.41) is 0. The molecular formula is C47H50IrN3O6. The van der Waals surface area contributed by atoms with Crippen LogP contribution in [0.4, 0.5) is 0 Å². The fourth-order valence-electron chi connectivity index (χ4n) is 4.33. The molecule has 3 aromatic heterocycles. The van der Waals surface area contributed by atoms with E-state index < -0.39 is 5.41 Å². The molecule has 0 aliphatic heterocycles. The number of carbonyl (C=O) groups is 3. The van der Waals surface area contributed by atoms with Crippen LogP contribution in [0.25, 0.3) is 33.8 Å². The Hall–Kier alpha value is -5.83. The van der Waals surface area contributed by atoms with Crippen LogP contribution in [0.15, 0.2) is 128 Å². The van der Waals surface area contributed by atoms with E-state index in [-0.39, 0.29) is 52.9 Å². The molecule has 6 aromatic rings. The van der Waals surface area contributed by atoms with Crippen molar-refractivity contribution in [1.29, 1.82) is 0 Å². The molecule has 0 aliphatic rings. The van der Waals surface area contributed by atoms with E-state index in [0.29, 0.717) is 30.1 Å². The molecule has 0 saturated carbocycles. The molecule has 3 aromatic carbocycles. The van der Waals surface area contributed by atoms with Crippen molar-refractivity contribution in [3.63, 3.8) is 0 Å². The number of rotatable bonds is 10. The van der Waals surface area contributed by atoms with Crippen LogP contribution in [0, 0.1) is 23.6 Å². The Morgan fingerprint density at radius 3 is 1.16 bits per heavy atom. The number of pyridine rings is 3. The van der Waals surface area contributed by atoms with Gasteiger partial charge in [0.15, 0.2) is 0 Å². The first-order valence-corrected chi connectivity index (χ1v) is 17.5. The zero-order valence-electron chi connectivity index (χ0n) is 31.4. The molecule has 298 valence electrons. The fraction of sp³-hybridized carbons (Fsp3) is 0.234. The van der Waals surface area contributed by atoms with Gasteiger partial charge in [-0.1, -0.05) is 72.0 Å². The monoisotopic (exact) mass is 945 g/mol. The van der Waals surface area contributed by atoms with Gasteiger partial charge in [-0.05, 0) is 55.5 Å². The van der Waals surface area contributed by atoms with Gasteiger partial charge in [-0.2, -0.15) is 0 Å². The standard InChI is InChI=1S/C17H18NO2.2C14H12NO2.2CH4.Ir/c1-4-17(2,3)16(19)20-14-9-7-8-13(12-14)15-10-5-6-11-18-15;2*1-2-14(16)17-12-7-5-6-11(10-12)13-8-3-4-9-15-13;;;/h5-7,9-12H,4H2,1-3H3;2*3-5,7-10H,2H2,1H3;2*1H4;/q3*-1;;;+3. The Morgan fingerprint density at radius 1 is 0.544 bits per heavy atom. The summed E-state index contributed by atoms with van der Waals surface area (Å²) in [6.07, 6.45) is 6.61. The van der Waals surface area contributed by atoms with Crippen LogP contribution in [-0.2, 0) is 34.5 Å². The molecular weight excluding hydrogens is 895 g/mol. The van der Waals surface area contributed by atoms with E-state index in [1.165, 1.54) is 0 Å². The van der Waals surface area contributed by atoms with Crippen molar-refractivity contribution in [2.75, 3.05) is 0 Å².